The average Bonchev–Trinajstić information content (AvgIpc) is 3.05. The van der Waals surface area contributed by atoms with Crippen LogP contribution in [-0.4, -0.2) is 35.8 Å². The Kier molecular flexibility index (Phi) is 3.59. The van der Waals surface area contributed by atoms with E-state index in [-0.39, 0.29) is 11.8 Å². The van der Waals surface area contributed by atoms with E-state index in [1.165, 1.54) is 17.7 Å². The molecule has 0 aromatic carbocycles. The van der Waals surface area contributed by atoms with Gasteiger partial charge in [0, 0.05) is 32.0 Å². The van der Waals surface area contributed by atoms with E-state index in [9.17, 15) is 9.59 Å². The second-order valence-corrected chi connectivity index (χ2v) is 4.75. The third-order valence-corrected chi connectivity index (χ3v) is 3.53. The van der Waals surface area contributed by atoms with Crippen LogP contribution in [0.3, 0.4) is 0 Å². The Morgan fingerprint density at radius 2 is 1.94 bits per heavy atom. The molecule has 4 nitrogen and oxygen atoms in total. The lowest BCUT2D eigenvalue weighted by atomic mass is 10.1. The van der Waals surface area contributed by atoms with Crippen molar-refractivity contribution in [3.63, 3.8) is 0 Å². The number of hydrogen-bond donors (Lipinski definition) is 1. The number of nitrogens with one attached hydrogen (secondary N) is 1. The predicted molar refractivity (Wildman–Crippen MR) is 60.8 cm³/mol. The third kappa shape index (κ3) is 2.61. The van der Waals surface area contributed by atoms with Crippen LogP contribution in [0.25, 0.3) is 0 Å². The first-order valence-electron chi connectivity index (χ1n) is 6.29. The maximum absolute atomic E-state index is 11.4. The molecule has 90 valence electrons. The van der Waals surface area contributed by atoms with E-state index >= 15 is 0 Å². The zero-order valence-electron chi connectivity index (χ0n) is 9.87. The molecule has 1 heterocycles. The van der Waals surface area contributed by atoms with Crippen molar-refractivity contribution in [2.24, 2.45) is 5.92 Å². The summed E-state index contributed by atoms with van der Waals surface area (Å²) in [5.74, 6) is 0.813. The Hall–Kier alpha value is -0.900. The van der Waals surface area contributed by atoms with Gasteiger partial charge in [-0.3, -0.25) is 14.5 Å². The molecule has 2 aliphatic rings. The molecule has 1 unspecified atom stereocenters. The predicted octanol–water partition coefficient (Wildman–Crippen LogP) is 0.914. The molecule has 0 aromatic rings. The summed E-state index contributed by atoms with van der Waals surface area (Å²) < 4.78 is 0. The Morgan fingerprint density at radius 1 is 1.31 bits per heavy atom. The maximum atomic E-state index is 11.4. The Bertz CT molecular complexity index is 271. The van der Waals surface area contributed by atoms with Crippen LogP contribution in [0.15, 0.2) is 0 Å². The number of carbonyl (C=O) groups excluding carboxylic acids is 2. The van der Waals surface area contributed by atoms with Crippen molar-refractivity contribution in [3.05, 3.63) is 0 Å². The van der Waals surface area contributed by atoms with Gasteiger partial charge in [0.1, 0.15) is 0 Å². The third-order valence-electron chi connectivity index (χ3n) is 3.53. The van der Waals surface area contributed by atoms with Crippen molar-refractivity contribution in [1.82, 2.24) is 10.2 Å². The quantitative estimate of drug-likeness (QED) is 0.682. The van der Waals surface area contributed by atoms with Gasteiger partial charge >= 0.3 is 0 Å². The minimum absolute atomic E-state index is 0.00808. The van der Waals surface area contributed by atoms with Crippen molar-refractivity contribution in [2.75, 3.05) is 13.1 Å². The summed E-state index contributed by atoms with van der Waals surface area (Å²) in [6.45, 7) is 3.47. The highest BCUT2D eigenvalue weighted by molar-refractivity contribution is 6.01. The number of hydrogen-bond acceptors (Lipinski definition) is 3. The molecule has 0 spiro atoms. The van der Waals surface area contributed by atoms with Gasteiger partial charge in [-0.05, 0) is 25.2 Å². The maximum Gasteiger partial charge on any atom is 0.229 e. The Morgan fingerprint density at radius 3 is 2.44 bits per heavy atom. The highest BCUT2D eigenvalue weighted by Gasteiger charge is 2.31. The first-order chi connectivity index (χ1) is 7.72. The topological polar surface area (TPSA) is 49.4 Å². The van der Waals surface area contributed by atoms with Crippen LogP contribution in [0, 0.1) is 5.92 Å². The molecule has 2 rings (SSSR count). The van der Waals surface area contributed by atoms with E-state index in [0.29, 0.717) is 25.4 Å². The minimum Gasteiger partial charge on any atom is -0.312 e. The minimum atomic E-state index is -0.00808. The molecule has 0 bridgehead atoms. The SMILES string of the molecule is CCC(NCCN1C(=O)CCC1=O)C1CC1. The number of imide groups is 1. The number of amides is 2. The van der Waals surface area contributed by atoms with E-state index < -0.39 is 0 Å². The van der Waals surface area contributed by atoms with Gasteiger partial charge < -0.3 is 5.32 Å². The number of rotatable bonds is 6. The van der Waals surface area contributed by atoms with Crippen LogP contribution >= 0.6 is 0 Å². The Labute approximate surface area is 96.4 Å². The molecule has 0 radical (unpaired) electrons. The molecule has 2 fully saturated rings. The van der Waals surface area contributed by atoms with Crippen molar-refractivity contribution in [1.29, 1.82) is 0 Å². The zero-order valence-corrected chi connectivity index (χ0v) is 9.87. The van der Waals surface area contributed by atoms with Crippen molar-refractivity contribution >= 4 is 11.8 Å². The lowest BCUT2D eigenvalue weighted by Crippen LogP contribution is -2.40. The van der Waals surface area contributed by atoms with Gasteiger partial charge in [0.2, 0.25) is 11.8 Å². The van der Waals surface area contributed by atoms with Crippen LogP contribution < -0.4 is 5.32 Å². The summed E-state index contributed by atoms with van der Waals surface area (Å²) in [5.41, 5.74) is 0. The molecule has 1 N–H and O–H groups in total. The summed E-state index contributed by atoms with van der Waals surface area (Å²) in [6.07, 6.45) is 4.59. The first-order valence-corrected chi connectivity index (χ1v) is 6.29. The summed E-state index contributed by atoms with van der Waals surface area (Å²) in [7, 11) is 0. The van der Waals surface area contributed by atoms with Gasteiger partial charge in [0.25, 0.3) is 0 Å². The smallest absolute Gasteiger partial charge is 0.229 e. The lowest BCUT2D eigenvalue weighted by molar-refractivity contribution is -0.138. The molecule has 1 saturated carbocycles. The average molecular weight is 224 g/mol. The molecule has 1 saturated heterocycles. The number of carbonyl (C=O) groups is 2. The highest BCUT2D eigenvalue weighted by atomic mass is 16.2. The van der Waals surface area contributed by atoms with E-state index in [2.05, 4.69) is 12.2 Å². The van der Waals surface area contributed by atoms with Gasteiger partial charge in [-0.15, -0.1) is 0 Å². The monoisotopic (exact) mass is 224 g/mol. The van der Waals surface area contributed by atoms with Crippen LogP contribution in [0.2, 0.25) is 0 Å². The summed E-state index contributed by atoms with van der Waals surface area (Å²) in [4.78, 5) is 24.1. The second kappa shape index (κ2) is 4.95. The molecule has 16 heavy (non-hydrogen) atoms. The van der Waals surface area contributed by atoms with Crippen molar-refractivity contribution < 1.29 is 9.59 Å². The van der Waals surface area contributed by atoms with Crippen LogP contribution in [-0.2, 0) is 9.59 Å². The molecule has 2 amide bonds. The standard InChI is InChI=1S/C12H20N2O2/c1-2-10(9-3-4-9)13-7-8-14-11(15)5-6-12(14)16/h9-10,13H,2-8H2,1H3. The van der Waals surface area contributed by atoms with Crippen LogP contribution in [0.5, 0.6) is 0 Å². The molecule has 1 aliphatic heterocycles. The normalized spacial score (nSPS) is 22.9. The summed E-state index contributed by atoms with van der Waals surface area (Å²) >= 11 is 0. The van der Waals surface area contributed by atoms with Crippen molar-refractivity contribution in [3.8, 4) is 0 Å². The van der Waals surface area contributed by atoms with Gasteiger partial charge in [-0.2, -0.15) is 0 Å². The fraction of sp³-hybridized carbons (Fsp3) is 0.833. The largest absolute Gasteiger partial charge is 0.312 e. The van der Waals surface area contributed by atoms with Gasteiger partial charge in [0.05, 0.1) is 0 Å². The van der Waals surface area contributed by atoms with Gasteiger partial charge in [-0.25, -0.2) is 0 Å². The highest BCUT2D eigenvalue weighted by Crippen LogP contribution is 2.33. The molecule has 1 atom stereocenters. The fourth-order valence-corrected chi connectivity index (χ4v) is 2.38. The van der Waals surface area contributed by atoms with E-state index in [1.54, 1.807) is 0 Å². The summed E-state index contributed by atoms with van der Waals surface area (Å²) in [5, 5.41) is 3.45. The Balaban J connectivity index is 1.70. The molecule has 1 aliphatic carbocycles. The number of nitrogens with zero attached hydrogens (tertiary/aromatic N) is 1. The lowest BCUT2D eigenvalue weighted by Gasteiger charge is -2.19. The van der Waals surface area contributed by atoms with Crippen LogP contribution in [0.1, 0.15) is 39.0 Å². The van der Waals surface area contributed by atoms with Gasteiger partial charge in [0.15, 0.2) is 0 Å². The van der Waals surface area contributed by atoms with E-state index in [0.717, 1.165) is 18.9 Å². The van der Waals surface area contributed by atoms with E-state index in [1.807, 2.05) is 0 Å². The second-order valence-electron chi connectivity index (χ2n) is 4.75. The summed E-state index contributed by atoms with van der Waals surface area (Å²) in [6, 6.07) is 0.577. The van der Waals surface area contributed by atoms with E-state index in [4.69, 9.17) is 0 Å². The zero-order chi connectivity index (χ0) is 11.5. The fourth-order valence-electron chi connectivity index (χ4n) is 2.38. The molecule has 0 aromatic heterocycles. The molecular weight excluding hydrogens is 204 g/mol. The van der Waals surface area contributed by atoms with Crippen LogP contribution in [0.4, 0.5) is 0 Å². The van der Waals surface area contributed by atoms with Crippen molar-refractivity contribution in [2.45, 2.75) is 45.1 Å². The van der Waals surface area contributed by atoms with Gasteiger partial charge in [-0.1, -0.05) is 6.92 Å². The molecular formula is C12H20N2O2. The molecule has 4 heteroatoms. The first kappa shape index (κ1) is 11.6. The number of likely N-dealkylation sites (tertiary alicyclic amines) is 1.